The quantitative estimate of drug-likeness (QED) is 0.815. The molecule has 1 aromatic carbocycles. The van der Waals surface area contributed by atoms with Gasteiger partial charge in [0.2, 0.25) is 0 Å². The van der Waals surface area contributed by atoms with Crippen LogP contribution in [-0.4, -0.2) is 10.9 Å². The van der Waals surface area contributed by atoms with Gasteiger partial charge in [-0.15, -0.1) is 0 Å². The number of nitrogen functional groups attached to an aromatic ring is 1. The Morgan fingerprint density at radius 3 is 2.35 bits per heavy atom. The molecule has 0 saturated carbocycles. The van der Waals surface area contributed by atoms with E-state index in [9.17, 15) is 9.18 Å². The van der Waals surface area contributed by atoms with Crippen LogP contribution in [-0.2, 0) is 0 Å². The predicted molar refractivity (Wildman–Crippen MR) is 78.0 cm³/mol. The second kappa shape index (κ2) is 5.83. The maximum Gasteiger partial charge on any atom is 0.257 e. The zero-order chi connectivity index (χ0) is 14.9. The number of carbonyl (C=O) groups is 1. The summed E-state index contributed by atoms with van der Waals surface area (Å²) in [7, 11) is 0. The minimum Gasteiger partial charge on any atom is -0.384 e. The van der Waals surface area contributed by atoms with Gasteiger partial charge in [0.1, 0.15) is 5.82 Å². The Kier molecular flexibility index (Phi) is 4.32. The Balaban J connectivity index is 2.30. The number of anilines is 2. The van der Waals surface area contributed by atoms with E-state index in [1.807, 2.05) is 0 Å². The molecule has 0 unspecified atom stereocenters. The number of carbonyl (C=O) groups excluding carboxylic acids is 1. The standard InChI is InChI=1S/C12H7Cl3FN3O/c13-7-1-5(2-8(14)11(7)16)19-12(20)6-3-10(17)18-4-9(6)15/h1-4H,(H2,17,18)(H,19,20). The van der Waals surface area contributed by atoms with Crippen LogP contribution in [0.5, 0.6) is 0 Å². The van der Waals surface area contributed by atoms with Gasteiger partial charge in [-0.3, -0.25) is 4.79 Å². The lowest BCUT2D eigenvalue weighted by atomic mass is 10.2. The van der Waals surface area contributed by atoms with Gasteiger partial charge in [-0.05, 0) is 18.2 Å². The molecule has 0 aliphatic rings. The molecule has 2 aromatic rings. The molecule has 0 radical (unpaired) electrons. The molecule has 4 nitrogen and oxygen atoms in total. The smallest absolute Gasteiger partial charge is 0.257 e. The van der Waals surface area contributed by atoms with E-state index in [-0.39, 0.29) is 32.1 Å². The van der Waals surface area contributed by atoms with Gasteiger partial charge in [-0.1, -0.05) is 34.8 Å². The minimum atomic E-state index is -0.752. The number of pyridine rings is 1. The number of aromatic nitrogens is 1. The summed E-state index contributed by atoms with van der Waals surface area (Å²) in [6.45, 7) is 0. The number of nitrogens with two attached hydrogens (primary N) is 1. The van der Waals surface area contributed by atoms with Crippen molar-refractivity contribution in [3.8, 4) is 0 Å². The second-order valence-electron chi connectivity index (χ2n) is 3.80. The summed E-state index contributed by atoms with van der Waals surface area (Å²) in [4.78, 5) is 15.8. The molecule has 20 heavy (non-hydrogen) atoms. The first kappa shape index (κ1) is 14.8. The summed E-state index contributed by atoms with van der Waals surface area (Å²) >= 11 is 17.1. The van der Waals surface area contributed by atoms with Gasteiger partial charge in [-0.25, -0.2) is 9.37 Å². The maximum absolute atomic E-state index is 13.3. The van der Waals surface area contributed by atoms with Crippen LogP contribution in [0.4, 0.5) is 15.9 Å². The number of rotatable bonds is 2. The molecule has 0 aliphatic heterocycles. The molecule has 8 heteroatoms. The van der Waals surface area contributed by atoms with E-state index in [1.165, 1.54) is 24.4 Å². The Morgan fingerprint density at radius 1 is 1.15 bits per heavy atom. The third-order valence-corrected chi connectivity index (χ3v) is 3.21. The van der Waals surface area contributed by atoms with Gasteiger partial charge in [0.25, 0.3) is 5.91 Å². The fraction of sp³-hybridized carbons (Fsp3) is 0. The fourth-order valence-corrected chi connectivity index (χ4v) is 2.13. The summed E-state index contributed by atoms with van der Waals surface area (Å²) < 4.78 is 13.3. The van der Waals surface area contributed by atoms with Crippen molar-refractivity contribution in [2.45, 2.75) is 0 Å². The van der Waals surface area contributed by atoms with E-state index in [2.05, 4.69) is 10.3 Å². The number of hydrogen-bond donors (Lipinski definition) is 2. The molecule has 0 bridgehead atoms. The van der Waals surface area contributed by atoms with Gasteiger partial charge in [0.15, 0.2) is 5.82 Å². The molecular formula is C12H7Cl3FN3O. The number of nitrogens with zero attached hydrogens (tertiary/aromatic N) is 1. The van der Waals surface area contributed by atoms with Gasteiger partial charge in [0.05, 0.1) is 20.6 Å². The van der Waals surface area contributed by atoms with Crippen molar-refractivity contribution in [3.63, 3.8) is 0 Å². The molecule has 3 N–H and O–H groups in total. The van der Waals surface area contributed by atoms with Crippen LogP contribution in [0.2, 0.25) is 15.1 Å². The van der Waals surface area contributed by atoms with Gasteiger partial charge < -0.3 is 11.1 Å². The second-order valence-corrected chi connectivity index (χ2v) is 5.02. The third-order valence-electron chi connectivity index (χ3n) is 2.36. The van der Waals surface area contributed by atoms with Crippen LogP contribution in [0.15, 0.2) is 24.4 Å². The molecule has 0 atom stereocenters. The largest absolute Gasteiger partial charge is 0.384 e. The Bertz CT molecular complexity index is 671. The molecule has 2 rings (SSSR count). The van der Waals surface area contributed by atoms with Crippen molar-refractivity contribution in [1.29, 1.82) is 0 Å². The van der Waals surface area contributed by atoms with Crippen LogP contribution < -0.4 is 11.1 Å². The van der Waals surface area contributed by atoms with Gasteiger partial charge >= 0.3 is 0 Å². The van der Waals surface area contributed by atoms with E-state index >= 15 is 0 Å². The van der Waals surface area contributed by atoms with Crippen LogP contribution in [0, 0.1) is 5.82 Å². The minimum absolute atomic E-state index is 0.135. The SMILES string of the molecule is Nc1cc(C(=O)Nc2cc(Cl)c(F)c(Cl)c2)c(Cl)cn1. The molecule has 1 aromatic heterocycles. The molecule has 0 fully saturated rings. The van der Waals surface area contributed by atoms with Crippen molar-refractivity contribution >= 4 is 52.2 Å². The summed E-state index contributed by atoms with van der Waals surface area (Å²) in [5.74, 6) is -1.14. The Morgan fingerprint density at radius 2 is 1.75 bits per heavy atom. The first-order chi connectivity index (χ1) is 9.38. The lowest BCUT2D eigenvalue weighted by molar-refractivity contribution is 0.102. The summed E-state index contributed by atoms with van der Waals surface area (Å²) in [6, 6.07) is 3.79. The van der Waals surface area contributed by atoms with Crippen molar-refractivity contribution in [2.24, 2.45) is 0 Å². The van der Waals surface area contributed by atoms with Crippen molar-refractivity contribution in [1.82, 2.24) is 4.98 Å². The highest BCUT2D eigenvalue weighted by molar-refractivity contribution is 6.36. The fourth-order valence-electron chi connectivity index (χ4n) is 1.45. The molecule has 0 saturated heterocycles. The summed E-state index contributed by atoms with van der Waals surface area (Å²) in [5, 5.41) is 2.23. The number of nitrogens with one attached hydrogen (secondary N) is 1. The van der Waals surface area contributed by atoms with Crippen LogP contribution >= 0.6 is 34.8 Å². The van der Waals surface area contributed by atoms with E-state index in [0.29, 0.717) is 0 Å². The first-order valence-corrected chi connectivity index (χ1v) is 6.39. The van der Waals surface area contributed by atoms with Crippen LogP contribution in [0.25, 0.3) is 0 Å². The van der Waals surface area contributed by atoms with Crippen molar-refractivity contribution < 1.29 is 9.18 Å². The van der Waals surface area contributed by atoms with E-state index in [1.54, 1.807) is 0 Å². The van der Waals surface area contributed by atoms with E-state index < -0.39 is 11.7 Å². The van der Waals surface area contributed by atoms with E-state index in [4.69, 9.17) is 40.5 Å². The van der Waals surface area contributed by atoms with Crippen molar-refractivity contribution in [2.75, 3.05) is 11.1 Å². The highest BCUT2D eigenvalue weighted by Gasteiger charge is 2.14. The van der Waals surface area contributed by atoms with Crippen molar-refractivity contribution in [3.05, 3.63) is 50.8 Å². The predicted octanol–water partition coefficient (Wildman–Crippen LogP) is 4.02. The highest BCUT2D eigenvalue weighted by Crippen LogP contribution is 2.28. The van der Waals surface area contributed by atoms with Crippen LogP contribution in [0.3, 0.4) is 0 Å². The highest BCUT2D eigenvalue weighted by atomic mass is 35.5. The number of amides is 1. The average molecular weight is 335 g/mol. The average Bonchev–Trinajstić information content (AvgIpc) is 2.38. The summed E-state index contributed by atoms with van der Waals surface area (Å²) in [6.07, 6.45) is 1.26. The zero-order valence-corrected chi connectivity index (χ0v) is 12.0. The molecule has 0 spiro atoms. The van der Waals surface area contributed by atoms with E-state index in [0.717, 1.165) is 0 Å². The first-order valence-electron chi connectivity index (χ1n) is 5.25. The number of hydrogen-bond acceptors (Lipinski definition) is 3. The normalized spacial score (nSPS) is 10.4. The van der Waals surface area contributed by atoms with Crippen LogP contribution in [0.1, 0.15) is 10.4 Å². The molecular weight excluding hydrogens is 328 g/mol. The number of benzene rings is 1. The van der Waals surface area contributed by atoms with Gasteiger partial charge in [0, 0.05) is 11.9 Å². The Labute approximate surface area is 128 Å². The molecule has 1 heterocycles. The monoisotopic (exact) mass is 333 g/mol. The third kappa shape index (κ3) is 3.12. The summed E-state index contributed by atoms with van der Waals surface area (Å²) in [5.41, 5.74) is 5.85. The van der Waals surface area contributed by atoms with Gasteiger partial charge in [-0.2, -0.15) is 0 Å². The lowest BCUT2D eigenvalue weighted by Crippen LogP contribution is -2.13. The molecule has 104 valence electrons. The maximum atomic E-state index is 13.3. The topological polar surface area (TPSA) is 68.0 Å². The molecule has 1 amide bonds. The molecule has 0 aliphatic carbocycles. The zero-order valence-electron chi connectivity index (χ0n) is 9.75. The lowest BCUT2D eigenvalue weighted by Gasteiger charge is -2.08. The number of halogens is 4. The Hall–Kier alpha value is -1.56.